The third-order valence-corrected chi connectivity index (χ3v) is 4.24. The van der Waals surface area contributed by atoms with Crippen molar-refractivity contribution in [2.75, 3.05) is 0 Å². The highest BCUT2D eigenvalue weighted by atomic mass is 19.1. The lowest BCUT2D eigenvalue weighted by Gasteiger charge is -2.17. The molecule has 1 N–H and O–H groups in total. The van der Waals surface area contributed by atoms with E-state index >= 15 is 0 Å². The third-order valence-electron chi connectivity index (χ3n) is 4.24. The number of ether oxygens (including phenoxy) is 1. The summed E-state index contributed by atoms with van der Waals surface area (Å²) in [5, 5.41) is 7.26. The summed E-state index contributed by atoms with van der Waals surface area (Å²) in [6, 6.07) is 15.4. The summed E-state index contributed by atoms with van der Waals surface area (Å²) in [6.45, 7) is 4.19. The van der Waals surface area contributed by atoms with Gasteiger partial charge in [-0.15, -0.1) is 0 Å². The molecule has 140 valence electrons. The van der Waals surface area contributed by atoms with Crippen molar-refractivity contribution in [2.45, 2.75) is 33.0 Å². The van der Waals surface area contributed by atoms with Gasteiger partial charge < -0.3 is 10.1 Å². The van der Waals surface area contributed by atoms with Crippen LogP contribution in [0.15, 0.2) is 60.8 Å². The Morgan fingerprint density at radius 2 is 1.85 bits per heavy atom. The van der Waals surface area contributed by atoms with Crippen LogP contribution in [0.5, 0.6) is 5.75 Å². The topological polar surface area (TPSA) is 56.2 Å². The monoisotopic (exact) mass is 367 g/mol. The number of hydrogen-bond donors (Lipinski definition) is 1. The van der Waals surface area contributed by atoms with Gasteiger partial charge >= 0.3 is 0 Å². The molecule has 0 bridgehead atoms. The second-order valence-corrected chi connectivity index (χ2v) is 6.31. The second kappa shape index (κ2) is 8.49. The molecule has 1 aromatic heterocycles. The van der Waals surface area contributed by atoms with Crippen LogP contribution in [0.3, 0.4) is 0 Å². The molecular weight excluding hydrogens is 345 g/mol. The van der Waals surface area contributed by atoms with Crippen LogP contribution in [0, 0.1) is 12.7 Å². The number of carbonyl (C=O) groups is 1. The van der Waals surface area contributed by atoms with Gasteiger partial charge in [-0.05, 0) is 49.2 Å². The van der Waals surface area contributed by atoms with Crippen molar-refractivity contribution < 1.29 is 13.9 Å². The summed E-state index contributed by atoms with van der Waals surface area (Å²) >= 11 is 0. The number of aromatic nitrogens is 2. The van der Waals surface area contributed by atoms with Gasteiger partial charge in [0, 0.05) is 6.20 Å². The molecule has 3 aromatic rings. The fourth-order valence-electron chi connectivity index (χ4n) is 2.68. The van der Waals surface area contributed by atoms with Gasteiger partial charge in [0.1, 0.15) is 17.3 Å². The smallest absolute Gasteiger partial charge is 0.272 e. The molecule has 0 saturated carbocycles. The number of rotatable bonds is 7. The first kappa shape index (κ1) is 18.6. The van der Waals surface area contributed by atoms with Gasteiger partial charge in [-0.3, -0.25) is 4.79 Å². The highest BCUT2D eigenvalue weighted by molar-refractivity contribution is 5.92. The lowest BCUT2D eigenvalue weighted by atomic mass is 10.0. The average molecular weight is 367 g/mol. The molecule has 0 spiro atoms. The summed E-state index contributed by atoms with van der Waals surface area (Å²) < 4.78 is 19.9. The van der Waals surface area contributed by atoms with E-state index in [1.807, 2.05) is 38.1 Å². The van der Waals surface area contributed by atoms with Gasteiger partial charge in [0.05, 0.1) is 6.04 Å². The first-order chi connectivity index (χ1) is 13.0. The van der Waals surface area contributed by atoms with Gasteiger partial charge in [0.25, 0.3) is 5.91 Å². The van der Waals surface area contributed by atoms with Crippen LogP contribution in [0.1, 0.15) is 41.0 Å². The van der Waals surface area contributed by atoms with E-state index in [0.29, 0.717) is 11.4 Å². The molecule has 27 heavy (non-hydrogen) atoms. The van der Waals surface area contributed by atoms with Crippen molar-refractivity contribution in [1.29, 1.82) is 0 Å². The Kier molecular flexibility index (Phi) is 5.86. The molecule has 0 fully saturated rings. The van der Waals surface area contributed by atoms with Crippen molar-refractivity contribution >= 4 is 5.91 Å². The Bertz CT molecular complexity index is 889. The first-order valence-electron chi connectivity index (χ1n) is 8.84. The molecule has 0 aliphatic rings. The molecule has 1 heterocycles. The number of nitrogens with zero attached hydrogens (tertiary/aromatic N) is 2. The maximum atomic E-state index is 12.9. The molecule has 0 radical (unpaired) electrons. The van der Waals surface area contributed by atoms with E-state index in [1.165, 1.54) is 22.4 Å². The highest BCUT2D eigenvalue weighted by Gasteiger charge is 2.16. The minimum atomic E-state index is -0.320. The maximum Gasteiger partial charge on any atom is 0.272 e. The Hall–Kier alpha value is -3.15. The third kappa shape index (κ3) is 4.94. The van der Waals surface area contributed by atoms with E-state index in [9.17, 15) is 9.18 Å². The van der Waals surface area contributed by atoms with Gasteiger partial charge in [0.15, 0.2) is 6.73 Å². The number of benzene rings is 2. The molecule has 2 aromatic carbocycles. The number of aryl methyl sites for hydroxylation is 1. The predicted octanol–water partition coefficient (Wildman–Crippen LogP) is 4.25. The zero-order valence-corrected chi connectivity index (χ0v) is 15.4. The summed E-state index contributed by atoms with van der Waals surface area (Å²) in [7, 11) is 0. The van der Waals surface area contributed by atoms with Gasteiger partial charge in [0.2, 0.25) is 0 Å². The molecule has 0 saturated heterocycles. The zero-order valence-electron chi connectivity index (χ0n) is 15.4. The van der Waals surface area contributed by atoms with Crippen LogP contribution in [0.25, 0.3) is 0 Å². The Balaban J connectivity index is 1.60. The average Bonchev–Trinajstić information content (AvgIpc) is 3.15. The summed E-state index contributed by atoms with van der Waals surface area (Å²) in [4.78, 5) is 12.5. The minimum absolute atomic E-state index is 0.0706. The van der Waals surface area contributed by atoms with Crippen molar-refractivity contribution in [3.05, 3.63) is 83.4 Å². The molecule has 0 aliphatic heterocycles. The lowest BCUT2D eigenvalue weighted by molar-refractivity contribution is 0.0928. The van der Waals surface area contributed by atoms with E-state index in [1.54, 1.807) is 24.4 Å². The van der Waals surface area contributed by atoms with Crippen LogP contribution >= 0.6 is 0 Å². The molecule has 6 heteroatoms. The van der Waals surface area contributed by atoms with Crippen molar-refractivity contribution in [1.82, 2.24) is 15.1 Å². The number of nitrogens with one attached hydrogen (secondary N) is 1. The Labute approximate surface area is 157 Å². The fourth-order valence-corrected chi connectivity index (χ4v) is 2.68. The van der Waals surface area contributed by atoms with E-state index in [2.05, 4.69) is 10.4 Å². The lowest BCUT2D eigenvalue weighted by Crippen LogP contribution is -2.28. The number of hydrogen-bond acceptors (Lipinski definition) is 3. The SMILES string of the molecule is CCC(NC(=O)c1ccn(COc2ccc(F)cc2)n1)c1ccc(C)cc1. The van der Waals surface area contributed by atoms with E-state index in [0.717, 1.165) is 12.0 Å². The second-order valence-electron chi connectivity index (χ2n) is 6.31. The molecule has 0 aliphatic carbocycles. The van der Waals surface area contributed by atoms with Gasteiger partial charge in [-0.25, -0.2) is 9.07 Å². The van der Waals surface area contributed by atoms with Gasteiger partial charge in [-0.2, -0.15) is 5.10 Å². The van der Waals surface area contributed by atoms with E-state index < -0.39 is 0 Å². The van der Waals surface area contributed by atoms with Crippen LogP contribution in [0.4, 0.5) is 4.39 Å². The van der Waals surface area contributed by atoms with Gasteiger partial charge in [-0.1, -0.05) is 36.8 Å². The Morgan fingerprint density at radius 1 is 1.15 bits per heavy atom. The number of halogens is 1. The number of amides is 1. The van der Waals surface area contributed by atoms with Crippen molar-refractivity contribution in [2.24, 2.45) is 0 Å². The quantitative estimate of drug-likeness (QED) is 0.679. The van der Waals surface area contributed by atoms with E-state index in [-0.39, 0.29) is 24.5 Å². The summed E-state index contributed by atoms with van der Waals surface area (Å²) in [5.41, 5.74) is 2.57. The van der Waals surface area contributed by atoms with Crippen LogP contribution in [0.2, 0.25) is 0 Å². The maximum absolute atomic E-state index is 12.9. The molecule has 1 amide bonds. The minimum Gasteiger partial charge on any atom is -0.471 e. The molecule has 5 nitrogen and oxygen atoms in total. The summed E-state index contributed by atoms with van der Waals surface area (Å²) in [6.07, 6.45) is 2.45. The Morgan fingerprint density at radius 3 is 2.52 bits per heavy atom. The molecular formula is C21H22FN3O2. The first-order valence-corrected chi connectivity index (χ1v) is 8.84. The van der Waals surface area contributed by atoms with Crippen LogP contribution in [-0.2, 0) is 6.73 Å². The predicted molar refractivity (Wildman–Crippen MR) is 101 cm³/mol. The normalized spacial score (nSPS) is 11.8. The molecule has 3 rings (SSSR count). The fraction of sp³-hybridized carbons (Fsp3) is 0.238. The van der Waals surface area contributed by atoms with E-state index in [4.69, 9.17) is 4.74 Å². The van der Waals surface area contributed by atoms with Crippen molar-refractivity contribution in [3.63, 3.8) is 0 Å². The van der Waals surface area contributed by atoms with Crippen LogP contribution < -0.4 is 10.1 Å². The summed E-state index contributed by atoms with van der Waals surface area (Å²) in [5.74, 6) is -0.0225. The zero-order chi connectivity index (χ0) is 19.2. The van der Waals surface area contributed by atoms with Crippen molar-refractivity contribution in [3.8, 4) is 5.75 Å². The highest BCUT2D eigenvalue weighted by Crippen LogP contribution is 2.18. The van der Waals surface area contributed by atoms with Crippen LogP contribution in [-0.4, -0.2) is 15.7 Å². The standard InChI is InChI=1S/C21H22FN3O2/c1-3-19(16-6-4-15(2)5-7-16)23-21(26)20-12-13-25(24-20)14-27-18-10-8-17(22)9-11-18/h4-13,19H,3,14H2,1-2H3,(H,23,26). The molecule has 1 unspecified atom stereocenters. The number of carbonyl (C=O) groups excluding carboxylic acids is 1. The molecule has 1 atom stereocenters. The largest absolute Gasteiger partial charge is 0.471 e.